The van der Waals surface area contributed by atoms with Gasteiger partial charge in [-0.15, -0.1) is 0 Å². The highest BCUT2D eigenvalue weighted by molar-refractivity contribution is 14.1. The van der Waals surface area contributed by atoms with Crippen molar-refractivity contribution >= 4 is 22.6 Å². The Morgan fingerprint density at radius 3 is 3.10 bits per heavy atom. The summed E-state index contributed by atoms with van der Waals surface area (Å²) in [6.45, 7) is 2.67. The van der Waals surface area contributed by atoms with Crippen LogP contribution in [0.15, 0.2) is 18.3 Å². The minimum Gasteiger partial charge on any atom is -0.494 e. The fourth-order valence-electron chi connectivity index (χ4n) is 0.641. The lowest BCUT2D eigenvalue weighted by atomic mass is 10.5. The molecular formula is C7H8INO. The van der Waals surface area contributed by atoms with Crippen molar-refractivity contribution in [3.05, 3.63) is 22.0 Å². The molecule has 2 nitrogen and oxygen atoms in total. The highest BCUT2D eigenvalue weighted by Crippen LogP contribution is 2.11. The molecule has 0 spiro atoms. The Morgan fingerprint density at radius 1 is 1.70 bits per heavy atom. The summed E-state index contributed by atoms with van der Waals surface area (Å²) in [7, 11) is 0. The molecular weight excluding hydrogens is 241 g/mol. The molecule has 0 aromatic carbocycles. The first-order valence-electron chi connectivity index (χ1n) is 3.07. The predicted octanol–water partition coefficient (Wildman–Crippen LogP) is 2.08. The number of rotatable bonds is 2. The van der Waals surface area contributed by atoms with Crippen molar-refractivity contribution < 1.29 is 4.74 Å². The molecule has 0 radical (unpaired) electrons. The molecule has 0 fully saturated rings. The summed E-state index contributed by atoms with van der Waals surface area (Å²) in [5.74, 6) is 0.891. The Labute approximate surface area is 73.8 Å². The molecule has 0 aliphatic heterocycles. The molecule has 3 heteroatoms. The maximum atomic E-state index is 5.24. The van der Waals surface area contributed by atoms with Crippen LogP contribution < -0.4 is 4.74 Å². The standard InChI is InChI=1S/C7H8INO/c1-2-10-6-3-4-9-7(8)5-6/h3-5H,2H2,1H3. The van der Waals surface area contributed by atoms with Crippen LogP contribution >= 0.6 is 22.6 Å². The first-order chi connectivity index (χ1) is 4.83. The zero-order valence-corrected chi connectivity index (χ0v) is 7.83. The van der Waals surface area contributed by atoms with Gasteiger partial charge in [0.15, 0.2) is 0 Å². The van der Waals surface area contributed by atoms with Crippen molar-refractivity contribution in [1.82, 2.24) is 4.98 Å². The van der Waals surface area contributed by atoms with Crippen LogP contribution in [0.25, 0.3) is 0 Å². The average molecular weight is 249 g/mol. The van der Waals surface area contributed by atoms with Crippen LogP contribution in [0.1, 0.15) is 6.92 Å². The van der Waals surface area contributed by atoms with Gasteiger partial charge in [0, 0.05) is 12.3 Å². The second kappa shape index (κ2) is 3.75. The third kappa shape index (κ3) is 2.13. The number of nitrogens with zero attached hydrogens (tertiary/aromatic N) is 1. The third-order valence-corrected chi connectivity index (χ3v) is 1.60. The second-order valence-electron chi connectivity index (χ2n) is 1.75. The lowest BCUT2D eigenvalue weighted by molar-refractivity contribution is 0.339. The van der Waals surface area contributed by atoms with Crippen molar-refractivity contribution in [2.24, 2.45) is 0 Å². The van der Waals surface area contributed by atoms with Gasteiger partial charge in [0.1, 0.15) is 9.45 Å². The van der Waals surface area contributed by atoms with Crippen LogP contribution in [0.4, 0.5) is 0 Å². The van der Waals surface area contributed by atoms with Gasteiger partial charge in [-0.1, -0.05) is 0 Å². The Hall–Kier alpha value is -0.320. The second-order valence-corrected chi connectivity index (χ2v) is 2.85. The summed E-state index contributed by atoms with van der Waals surface area (Å²) in [6, 6.07) is 3.76. The lowest BCUT2D eigenvalue weighted by Crippen LogP contribution is -1.91. The lowest BCUT2D eigenvalue weighted by Gasteiger charge is -2.00. The third-order valence-electron chi connectivity index (χ3n) is 1.01. The number of pyridine rings is 1. The molecule has 10 heavy (non-hydrogen) atoms. The molecule has 0 bridgehead atoms. The van der Waals surface area contributed by atoms with Crippen molar-refractivity contribution in [3.8, 4) is 5.75 Å². The van der Waals surface area contributed by atoms with Gasteiger partial charge in [0.05, 0.1) is 6.61 Å². The van der Waals surface area contributed by atoms with Crippen LogP contribution in [0.2, 0.25) is 0 Å². The van der Waals surface area contributed by atoms with Gasteiger partial charge in [-0.25, -0.2) is 0 Å². The molecule has 0 amide bonds. The van der Waals surface area contributed by atoms with E-state index in [-0.39, 0.29) is 0 Å². The molecule has 1 aromatic heterocycles. The van der Waals surface area contributed by atoms with E-state index in [4.69, 9.17) is 4.74 Å². The van der Waals surface area contributed by atoms with Crippen LogP contribution in [-0.4, -0.2) is 11.6 Å². The fourth-order valence-corrected chi connectivity index (χ4v) is 1.11. The summed E-state index contributed by atoms with van der Waals surface area (Å²) in [6.07, 6.45) is 1.74. The van der Waals surface area contributed by atoms with E-state index in [1.54, 1.807) is 6.20 Å². The Bertz CT molecular complexity index is 215. The number of hydrogen-bond acceptors (Lipinski definition) is 2. The topological polar surface area (TPSA) is 22.1 Å². The van der Waals surface area contributed by atoms with E-state index in [0.717, 1.165) is 9.45 Å². The predicted molar refractivity (Wildman–Crippen MR) is 48.1 cm³/mol. The van der Waals surface area contributed by atoms with Gasteiger partial charge < -0.3 is 4.74 Å². The number of aromatic nitrogens is 1. The largest absolute Gasteiger partial charge is 0.494 e. The minimum atomic E-state index is 0.708. The van der Waals surface area contributed by atoms with Crippen LogP contribution in [0.3, 0.4) is 0 Å². The molecule has 0 atom stereocenters. The fraction of sp³-hybridized carbons (Fsp3) is 0.286. The first-order valence-corrected chi connectivity index (χ1v) is 4.15. The maximum Gasteiger partial charge on any atom is 0.123 e. The summed E-state index contributed by atoms with van der Waals surface area (Å²) in [4.78, 5) is 4.03. The Balaban J connectivity index is 2.75. The van der Waals surface area contributed by atoms with Crippen LogP contribution in [0.5, 0.6) is 5.75 Å². The molecule has 0 unspecified atom stereocenters. The summed E-state index contributed by atoms with van der Waals surface area (Å²) in [5, 5.41) is 0. The average Bonchev–Trinajstić information content (AvgIpc) is 1.88. The van der Waals surface area contributed by atoms with E-state index >= 15 is 0 Å². The van der Waals surface area contributed by atoms with E-state index in [2.05, 4.69) is 27.6 Å². The molecule has 0 aliphatic rings. The molecule has 54 valence electrons. The van der Waals surface area contributed by atoms with E-state index in [0.29, 0.717) is 6.61 Å². The van der Waals surface area contributed by atoms with Gasteiger partial charge in [0.25, 0.3) is 0 Å². The number of halogens is 1. The van der Waals surface area contributed by atoms with Crippen molar-refractivity contribution in [3.63, 3.8) is 0 Å². The van der Waals surface area contributed by atoms with E-state index in [1.807, 2.05) is 19.1 Å². The molecule has 1 heterocycles. The monoisotopic (exact) mass is 249 g/mol. The zero-order chi connectivity index (χ0) is 7.40. The summed E-state index contributed by atoms with van der Waals surface area (Å²) < 4.78 is 6.20. The smallest absolute Gasteiger partial charge is 0.123 e. The van der Waals surface area contributed by atoms with Gasteiger partial charge >= 0.3 is 0 Å². The van der Waals surface area contributed by atoms with Crippen LogP contribution in [-0.2, 0) is 0 Å². The molecule has 0 saturated carbocycles. The van der Waals surface area contributed by atoms with Gasteiger partial charge in [0.2, 0.25) is 0 Å². The van der Waals surface area contributed by atoms with E-state index < -0.39 is 0 Å². The van der Waals surface area contributed by atoms with Gasteiger partial charge in [-0.2, -0.15) is 0 Å². The van der Waals surface area contributed by atoms with Crippen molar-refractivity contribution in [1.29, 1.82) is 0 Å². The zero-order valence-electron chi connectivity index (χ0n) is 5.67. The quantitative estimate of drug-likeness (QED) is 0.591. The first kappa shape index (κ1) is 7.78. The Morgan fingerprint density at radius 2 is 2.50 bits per heavy atom. The molecule has 1 aromatic rings. The van der Waals surface area contributed by atoms with Gasteiger partial charge in [-0.05, 0) is 35.6 Å². The summed E-state index contributed by atoms with van der Waals surface area (Å²) >= 11 is 2.15. The minimum absolute atomic E-state index is 0.708. The Kier molecular flexibility index (Phi) is 2.92. The van der Waals surface area contributed by atoms with Crippen LogP contribution in [0, 0.1) is 3.70 Å². The number of ether oxygens (including phenoxy) is 1. The van der Waals surface area contributed by atoms with Crippen molar-refractivity contribution in [2.75, 3.05) is 6.61 Å². The summed E-state index contributed by atoms with van der Waals surface area (Å²) in [5.41, 5.74) is 0. The molecule has 0 saturated heterocycles. The number of hydrogen-bond donors (Lipinski definition) is 0. The highest BCUT2D eigenvalue weighted by Gasteiger charge is 1.91. The normalized spacial score (nSPS) is 9.40. The van der Waals surface area contributed by atoms with E-state index in [1.165, 1.54) is 0 Å². The molecule has 0 N–H and O–H groups in total. The highest BCUT2D eigenvalue weighted by atomic mass is 127. The molecule has 1 rings (SSSR count). The van der Waals surface area contributed by atoms with Crippen molar-refractivity contribution in [2.45, 2.75) is 6.92 Å². The maximum absolute atomic E-state index is 5.24. The molecule has 0 aliphatic carbocycles. The van der Waals surface area contributed by atoms with E-state index in [9.17, 15) is 0 Å². The van der Waals surface area contributed by atoms with Gasteiger partial charge in [-0.3, -0.25) is 4.98 Å². The SMILES string of the molecule is CCOc1ccnc(I)c1.